The molecule has 0 spiro atoms. The standard InChI is InChI=1S/C18H20ClFN4/c1-11-22-13(9-17(19)23-11)8-12-2-3-14-15(18(12)20)4-6-24-7-5-21-10-16(14)24/h2-3,9,16,21H,4-8,10H2,1H3/t16-/m0/s1. The average Bonchev–Trinajstić information content (AvgIpc) is 2.56. The molecule has 0 bridgehead atoms. The molecule has 0 amide bonds. The lowest BCUT2D eigenvalue weighted by Gasteiger charge is -2.41. The first-order chi connectivity index (χ1) is 11.6. The van der Waals surface area contributed by atoms with Crippen LogP contribution in [0.5, 0.6) is 0 Å². The topological polar surface area (TPSA) is 41.1 Å². The van der Waals surface area contributed by atoms with Gasteiger partial charge in [0.1, 0.15) is 16.8 Å². The Balaban J connectivity index is 1.66. The summed E-state index contributed by atoms with van der Waals surface area (Å²) in [5.41, 5.74) is 3.43. The molecular weight excluding hydrogens is 327 g/mol. The van der Waals surface area contributed by atoms with Crippen LogP contribution < -0.4 is 5.32 Å². The highest BCUT2D eigenvalue weighted by molar-refractivity contribution is 6.29. The predicted octanol–water partition coefficient (Wildman–Crippen LogP) is 2.67. The number of fused-ring (bicyclic) bond motifs is 3. The first-order valence-corrected chi connectivity index (χ1v) is 8.74. The summed E-state index contributed by atoms with van der Waals surface area (Å²) < 4.78 is 15.1. The number of halogens is 2. The molecule has 0 radical (unpaired) electrons. The van der Waals surface area contributed by atoms with Crippen molar-refractivity contribution in [2.75, 3.05) is 26.2 Å². The zero-order valence-electron chi connectivity index (χ0n) is 13.6. The Morgan fingerprint density at radius 2 is 2.21 bits per heavy atom. The van der Waals surface area contributed by atoms with E-state index >= 15 is 4.39 Å². The van der Waals surface area contributed by atoms with E-state index in [1.807, 2.05) is 6.07 Å². The molecule has 0 aliphatic carbocycles. The number of aromatic nitrogens is 2. The van der Waals surface area contributed by atoms with Crippen LogP contribution in [-0.4, -0.2) is 41.0 Å². The smallest absolute Gasteiger partial charge is 0.133 e. The molecule has 0 unspecified atom stereocenters. The minimum Gasteiger partial charge on any atom is -0.314 e. The molecule has 4 nitrogen and oxygen atoms in total. The number of hydrogen-bond acceptors (Lipinski definition) is 4. The molecule has 24 heavy (non-hydrogen) atoms. The second kappa shape index (κ2) is 6.39. The predicted molar refractivity (Wildman–Crippen MR) is 91.9 cm³/mol. The van der Waals surface area contributed by atoms with Gasteiger partial charge in [0.2, 0.25) is 0 Å². The van der Waals surface area contributed by atoms with Gasteiger partial charge in [0.25, 0.3) is 0 Å². The Hall–Kier alpha value is -1.56. The number of aryl methyl sites for hydroxylation is 1. The van der Waals surface area contributed by atoms with Gasteiger partial charge in [0.05, 0.1) is 5.69 Å². The summed E-state index contributed by atoms with van der Waals surface area (Å²) in [6.45, 7) is 5.67. The van der Waals surface area contributed by atoms with Gasteiger partial charge in [0, 0.05) is 38.6 Å². The summed E-state index contributed by atoms with van der Waals surface area (Å²) in [5, 5.41) is 3.82. The second-order valence-corrected chi connectivity index (χ2v) is 6.91. The average molecular weight is 347 g/mol. The molecule has 126 valence electrons. The number of piperazine rings is 1. The summed E-state index contributed by atoms with van der Waals surface area (Å²) in [6.07, 6.45) is 1.21. The van der Waals surface area contributed by atoms with Crippen LogP contribution in [0.1, 0.15) is 34.3 Å². The monoisotopic (exact) mass is 346 g/mol. The van der Waals surface area contributed by atoms with Gasteiger partial charge in [-0.15, -0.1) is 0 Å². The Morgan fingerprint density at radius 3 is 3.04 bits per heavy atom. The van der Waals surface area contributed by atoms with Gasteiger partial charge in [-0.05, 0) is 36.1 Å². The maximum absolute atomic E-state index is 15.1. The fraction of sp³-hybridized carbons (Fsp3) is 0.444. The van der Waals surface area contributed by atoms with E-state index < -0.39 is 0 Å². The molecule has 1 saturated heterocycles. The lowest BCUT2D eigenvalue weighted by molar-refractivity contribution is 0.150. The second-order valence-electron chi connectivity index (χ2n) is 6.52. The first kappa shape index (κ1) is 15.9. The summed E-state index contributed by atoms with van der Waals surface area (Å²) in [5.74, 6) is 0.532. The van der Waals surface area contributed by atoms with Crippen molar-refractivity contribution < 1.29 is 4.39 Å². The van der Waals surface area contributed by atoms with Gasteiger partial charge in [-0.2, -0.15) is 0 Å². The molecule has 3 heterocycles. The van der Waals surface area contributed by atoms with Gasteiger partial charge in [-0.3, -0.25) is 4.90 Å². The first-order valence-electron chi connectivity index (χ1n) is 8.37. The highest BCUT2D eigenvalue weighted by Gasteiger charge is 2.31. The van der Waals surface area contributed by atoms with E-state index in [1.165, 1.54) is 0 Å². The van der Waals surface area contributed by atoms with Crippen molar-refractivity contribution in [2.24, 2.45) is 0 Å². The highest BCUT2D eigenvalue weighted by atomic mass is 35.5. The van der Waals surface area contributed by atoms with Crippen LogP contribution in [0.4, 0.5) is 4.39 Å². The molecule has 6 heteroatoms. The fourth-order valence-corrected chi connectivity index (χ4v) is 4.09. The molecular formula is C18H20ClFN4. The quantitative estimate of drug-likeness (QED) is 0.849. The van der Waals surface area contributed by atoms with E-state index in [0.717, 1.165) is 49.4 Å². The number of benzene rings is 1. The third-order valence-electron chi connectivity index (χ3n) is 4.95. The number of nitrogens with zero attached hydrogens (tertiary/aromatic N) is 3. The molecule has 2 aliphatic heterocycles. The number of hydrogen-bond donors (Lipinski definition) is 1. The molecule has 2 aliphatic rings. The van der Waals surface area contributed by atoms with E-state index in [-0.39, 0.29) is 5.82 Å². The Bertz CT molecular complexity index is 760. The summed E-state index contributed by atoms with van der Waals surface area (Å²) in [4.78, 5) is 10.9. The van der Waals surface area contributed by atoms with Crippen molar-refractivity contribution in [2.45, 2.75) is 25.8 Å². The van der Waals surface area contributed by atoms with Gasteiger partial charge < -0.3 is 5.32 Å². The Morgan fingerprint density at radius 1 is 1.33 bits per heavy atom. The lowest BCUT2D eigenvalue weighted by atomic mass is 9.88. The fourth-order valence-electron chi connectivity index (χ4n) is 3.84. The normalized spacial score (nSPS) is 20.5. The maximum atomic E-state index is 15.1. The lowest BCUT2D eigenvalue weighted by Crippen LogP contribution is -2.49. The van der Waals surface area contributed by atoms with Crippen molar-refractivity contribution in [3.05, 3.63) is 57.4 Å². The van der Waals surface area contributed by atoms with E-state index in [2.05, 4.69) is 26.3 Å². The minimum atomic E-state index is -0.0786. The summed E-state index contributed by atoms with van der Waals surface area (Å²) in [7, 11) is 0. The van der Waals surface area contributed by atoms with Crippen LogP contribution >= 0.6 is 11.6 Å². The third kappa shape index (κ3) is 2.92. The molecule has 1 aromatic carbocycles. The van der Waals surface area contributed by atoms with Gasteiger partial charge >= 0.3 is 0 Å². The van der Waals surface area contributed by atoms with E-state index in [1.54, 1.807) is 13.0 Å². The van der Waals surface area contributed by atoms with Crippen LogP contribution in [0.15, 0.2) is 18.2 Å². The van der Waals surface area contributed by atoms with Crippen molar-refractivity contribution in [3.8, 4) is 0 Å². The summed E-state index contributed by atoms with van der Waals surface area (Å²) in [6, 6.07) is 5.99. The molecule has 0 saturated carbocycles. The summed E-state index contributed by atoms with van der Waals surface area (Å²) >= 11 is 5.99. The zero-order valence-corrected chi connectivity index (χ0v) is 14.4. The molecule has 1 N–H and O–H groups in total. The van der Waals surface area contributed by atoms with Crippen LogP contribution in [0.3, 0.4) is 0 Å². The molecule has 1 aromatic heterocycles. The van der Waals surface area contributed by atoms with Crippen LogP contribution in [0.2, 0.25) is 5.15 Å². The van der Waals surface area contributed by atoms with Crippen molar-refractivity contribution in [3.63, 3.8) is 0 Å². The molecule has 2 aromatic rings. The molecule has 4 rings (SSSR count). The zero-order chi connectivity index (χ0) is 16.7. The third-order valence-corrected chi connectivity index (χ3v) is 5.15. The van der Waals surface area contributed by atoms with Crippen molar-refractivity contribution >= 4 is 11.6 Å². The molecule has 1 atom stereocenters. The van der Waals surface area contributed by atoms with Crippen molar-refractivity contribution in [1.82, 2.24) is 20.2 Å². The maximum Gasteiger partial charge on any atom is 0.133 e. The van der Waals surface area contributed by atoms with Crippen LogP contribution in [-0.2, 0) is 12.8 Å². The van der Waals surface area contributed by atoms with E-state index in [4.69, 9.17) is 11.6 Å². The highest BCUT2D eigenvalue weighted by Crippen LogP contribution is 2.33. The Labute approximate surface area is 146 Å². The SMILES string of the molecule is Cc1nc(Cl)cc(Cc2ccc3c(c2F)CCN2CCNC[C@@H]32)n1. The molecule has 1 fully saturated rings. The van der Waals surface area contributed by atoms with E-state index in [0.29, 0.717) is 29.0 Å². The van der Waals surface area contributed by atoms with Crippen molar-refractivity contribution in [1.29, 1.82) is 0 Å². The largest absolute Gasteiger partial charge is 0.314 e. The van der Waals surface area contributed by atoms with Crippen LogP contribution in [0.25, 0.3) is 0 Å². The van der Waals surface area contributed by atoms with Gasteiger partial charge in [0.15, 0.2) is 0 Å². The Kier molecular flexibility index (Phi) is 4.24. The van der Waals surface area contributed by atoms with Crippen LogP contribution in [0, 0.1) is 12.7 Å². The van der Waals surface area contributed by atoms with E-state index in [9.17, 15) is 0 Å². The number of rotatable bonds is 2. The minimum absolute atomic E-state index is 0.0786. The number of nitrogens with one attached hydrogen (secondary N) is 1. The van der Waals surface area contributed by atoms with Gasteiger partial charge in [-0.25, -0.2) is 14.4 Å². The van der Waals surface area contributed by atoms with Gasteiger partial charge in [-0.1, -0.05) is 23.7 Å².